The molecule has 98 valence electrons. The van der Waals surface area contributed by atoms with Crippen molar-refractivity contribution in [3.05, 3.63) is 17.2 Å². The van der Waals surface area contributed by atoms with Crippen LogP contribution in [0.15, 0.2) is 0 Å². The fourth-order valence-corrected chi connectivity index (χ4v) is 3.37. The number of carboxylic acid groups (broad SMARTS) is 1. The van der Waals surface area contributed by atoms with Crippen molar-refractivity contribution in [3.8, 4) is 0 Å². The van der Waals surface area contributed by atoms with Gasteiger partial charge in [0, 0.05) is 17.5 Å². The molecule has 0 aliphatic heterocycles. The zero-order valence-corrected chi connectivity index (χ0v) is 10.8. The van der Waals surface area contributed by atoms with Gasteiger partial charge in [0.25, 0.3) is 0 Å². The second kappa shape index (κ2) is 4.11. The summed E-state index contributed by atoms with van der Waals surface area (Å²) in [5.41, 5.74) is 2.36. The summed E-state index contributed by atoms with van der Waals surface area (Å²) in [6, 6.07) is 0. The molecule has 2 aliphatic rings. The summed E-state index contributed by atoms with van der Waals surface area (Å²) in [6.07, 6.45) is 7.10. The number of H-pyrrole nitrogens is 1. The van der Waals surface area contributed by atoms with E-state index >= 15 is 0 Å². The van der Waals surface area contributed by atoms with Gasteiger partial charge in [-0.05, 0) is 25.7 Å². The number of carbonyl (C=O) groups is 1. The molecule has 1 saturated carbocycles. The Bertz CT molecular complexity index is 472. The second-order valence-electron chi connectivity index (χ2n) is 6.06. The van der Waals surface area contributed by atoms with Gasteiger partial charge in [0.15, 0.2) is 0 Å². The Hall–Kier alpha value is -1.32. The third-order valence-corrected chi connectivity index (χ3v) is 4.67. The summed E-state index contributed by atoms with van der Waals surface area (Å²) in [6.45, 7) is 2.28. The number of rotatable bonds is 2. The number of hydrogen-bond acceptors (Lipinski definition) is 2. The maximum atomic E-state index is 11.1. The minimum atomic E-state index is -0.677. The lowest BCUT2D eigenvalue weighted by Crippen LogP contribution is -2.22. The molecule has 1 unspecified atom stereocenters. The molecule has 0 radical (unpaired) electrons. The predicted octanol–water partition coefficient (Wildman–Crippen LogP) is 2.43. The zero-order valence-electron chi connectivity index (χ0n) is 10.8. The van der Waals surface area contributed by atoms with E-state index in [-0.39, 0.29) is 11.3 Å². The summed E-state index contributed by atoms with van der Waals surface area (Å²) in [5, 5.41) is 9.10. The minimum Gasteiger partial charge on any atom is -0.481 e. The van der Waals surface area contributed by atoms with Crippen LogP contribution in [0.3, 0.4) is 0 Å². The molecule has 0 spiro atoms. The Kier molecular flexibility index (Phi) is 2.68. The first-order valence-corrected chi connectivity index (χ1v) is 6.89. The van der Waals surface area contributed by atoms with Gasteiger partial charge in [0.1, 0.15) is 5.82 Å². The third kappa shape index (κ3) is 1.84. The number of fused-ring (bicyclic) bond motifs is 1. The van der Waals surface area contributed by atoms with Crippen LogP contribution in [0.1, 0.15) is 56.2 Å². The van der Waals surface area contributed by atoms with Crippen LogP contribution in [0.2, 0.25) is 0 Å². The van der Waals surface area contributed by atoms with E-state index in [2.05, 4.69) is 11.9 Å². The van der Waals surface area contributed by atoms with Gasteiger partial charge in [-0.2, -0.15) is 0 Å². The van der Waals surface area contributed by atoms with Crippen LogP contribution in [0, 0.1) is 5.92 Å². The van der Waals surface area contributed by atoms with Gasteiger partial charge in [0.2, 0.25) is 0 Å². The Balaban J connectivity index is 1.87. The highest BCUT2D eigenvalue weighted by atomic mass is 16.4. The summed E-state index contributed by atoms with van der Waals surface area (Å²) >= 11 is 0. The molecule has 1 heterocycles. The molecule has 3 rings (SSSR count). The summed E-state index contributed by atoms with van der Waals surface area (Å²) < 4.78 is 0. The molecule has 18 heavy (non-hydrogen) atoms. The summed E-state index contributed by atoms with van der Waals surface area (Å²) in [4.78, 5) is 19.2. The van der Waals surface area contributed by atoms with Crippen LogP contribution >= 0.6 is 0 Å². The first-order chi connectivity index (χ1) is 8.58. The second-order valence-corrected chi connectivity index (χ2v) is 6.06. The number of hydrogen-bond donors (Lipinski definition) is 2. The molecule has 1 aromatic heterocycles. The third-order valence-electron chi connectivity index (χ3n) is 4.67. The maximum absolute atomic E-state index is 11.1. The molecule has 0 saturated heterocycles. The van der Waals surface area contributed by atoms with Gasteiger partial charge in [-0.15, -0.1) is 0 Å². The van der Waals surface area contributed by atoms with Gasteiger partial charge in [-0.1, -0.05) is 19.8 Å². The van der Waals surface area contributed by atoms with Crippen molar-refractivity contribution < 1.29 is 9.90 Å². The molecule has 4 heteroatoms. The fourth-order valence-electron chi connectivity index (χ4n) is 3.37. The Morgan fingerprint density at radius 2 is 2.17 bits per heavy atom. The topological polar surface area (TPSA) is 66.0 Å². The highest BCUT2D eigenvalue weighted by molar-refractivity contribution is 5.70. The first-order valence-electron chi connectivity index (χ1n) is 6.89. The minimum absolute atomic E-state index is 0.191. The van der Waals surface area contributed by atoms with Crippen LogP contribution in [0.4, 0.5) is 0 Å². The molecule has 1 atom stereocenters. The number of nitrogens with one attached hydrogen (secondary N) is 1. The van der Waals surface area contributed by atoms with E-state index in [1.165, 1.54) is 25.7 Å². The predicted molar refractivity (Wildman–Crippen MR) is 67.6 cm³/mol. The number of aliphatic carboxylic acids is 1. The van der Waals surface area contributed by atoms with Crippen LogP contribution in [0.25, 0.3) is 0 Å². The SMILES string of the molecule is CC1(c2nc3c([nH]2)CC(C(=O)O)CC3)CCCC1. The lowest BCUT2D eigenvalue weighted by Gasteiger charge is -2.20. The van der Waals surface area contributed by atoms with Gasteiger partial charge in [-0.3, -0.25) is 4.79 Å². The lowest BCUT2D eigenvalue weighted by atomic mass is 9.88. The lowest BCUT2D eigenvalue weighted by molar-refractivity contribution is -0.142. The molecular formula is C14H20N2O2. The van der Waals surface area contributed by atoms with E-state index in [0.29, 0.717) is 6.42 Å². The van der Waals surface area contributed by atoms with Crippen molar-refractivity contribution in [3.63, 3.8) is 0 Å². The molecule has 4 nitrogen and oxygen atoms in total. The van der Waals surface area contributed by atoms with Crippen molar-refractivity contribution >= 4 is 5.97 Å². The van der Waals surface area contributed by atoms with E-state index in [0.717, 1.165) is 30.1 Å². The molecule has 0 aromatic carbocycles. The van der Waals surface area contributed by atoms with E-state index in [1.54, 1.807) is 0 Å². The number of nitrogens with zero attached hydrogens (tertiary/aromatic N) is 1. The summed E-state index contributed by atoms with van der Waals surface area (Å²) in [7, 11) is 0. The largest absolute Gasteiger partial charge is 0.481 e. The molecule has 2 N–H and O–H groups in total. The average molecular weight is 248 g/mol. The monoisotopic (exact) mass is 248 g/mol. The number of carboxylic acids is 1. The number of imidazole rings is 1. The van der Waals surface area contributed by atoms with Gasteiger partial charge >= 0.3 is 5.97 Å². The van der Waals surface area contributed by atoms with Crippen LogP contribution < -0.4 is 0 Å². The Morgan fingerprint density at radius 3 is 2.83 bits per heavy atom. The van der Waals surface area contributed by atoms with Crippen LogP contribution in [-0.4, -0.2) is 21.0 Å². The van der Waals surface area contributed by atoms with Crippen molar-refractivity contribution in [1.82, 2.24) is 9.97 Å². The number of aromatic nitrogens is 2. The van der Waals surface area contributed by atoms with Gasteiger partial charge in [-0.25, -0.2) is 4.98 Å². The molecule has 1 fully saturated rings. The fraction of sp³-hybridized carbons (Fsp3) is 0.714. The van der Waals surface area contributed by atoms with E-state index in [4.69, 9.17) is 10.1 Å². The standard InChI is InChI=1S/C14H20N2O2/c1-14(6-2-3-7-14)13-15-10-5-4-9(12(17)18)8-11(10)16-13/h9H,2-8H2,1H3,(H,15,16)(H,17,18). The number of aryl methyl sites for hydroxylation is 1. The first kappa shape index (κ1) is 11.8. The maximum Gasteiger partial charge on any atom is 0.306 e. The van der Waals surface area contributed by atoms with Crippen LogP contribution in [0.5, 0.6) is 0 Å². The number of aromatic amines is 1. The van der Waals surface area contributed by atoms with E-state index in [1.807, 2.05) is 0 Å². The summed E-state index contributed by atoms with van der Waals surface area (Å²) in [5.74, 6) is 0.183. The van der Waals surface area contributed by atoms with Crippen LogP contribution in [-0.2, 0) is 23.1 Å². The normalized spacial score (nSPS) is 25.9. The molecular weight excluding hydrogens is 228 g/mol. The smallest absolute Gasteiger partial charge is 0.306 e. The van der Waals surface area contributed by atoms with Crippen molar-refractivity contribution in [1.29, 1.82) is 0 Å². The Labute approximate surface area is 107 Å². The quantitative estimate of drug-likeness (QED) is 0.844. The van der Waals surface area contributed by atoms with Crippen molar-refractivity contribution in [2.24, 2.45) is 5.92 Å². The van der Waals surface area contributed by atoms with Crippen molar-refractivity contribution in [2.75, 3.05) is 0 Å². The van der Waals surface area contributed by atoms with Gasteiger partial charge < -0.3 is 10.1 Å². The van der Waals surface area contributed by atoms with Crippen molar-refractivity contribution in [2.45, 2.75) is 57.3 Å². The zero-order chi connectivity index (χ0) is 12.8. The highest BCUT2D eigenvalue weighted by Crippen LogP contribution is 2.40. The highest BCUT2D eigenvalue weighted by Gasteiger charge is 2.35. The van der Waals surface area contributed by atoms with E-state index < -0.39 is 5.97 Å². The molecule has 1 aromatic rings. The van der Waals surface area contributed by atoms with Gasteiger partial charge in [0.05, 0.1) is 11.6 Å². The Morgan fingerprint density at radius 1 is 1.44 bits per heavy atom. The molecule has 0 bridgehead atoms. The average Bonchev–Trinajstić information content (AvgIpc) is 2.94. The molecule has 2 aliphatic carbocycles. The molecule has 0 amide bonds. The van der Waals surface area contributed by atoms with E-state index in [9.17, 15) is 4.79 Å².